The van der Waals surface area contributed by atoms with Gasteiger partial charge in [-0.25, -0.2) is 22.0 Å². The number of fused-ring (bicyclic) bond motifs is 1. The van der Waals surface area contributed by atoms with Crippen LogP contribution in [-0.4, -0.2) is 29.9 Å². The van der Waals surface area contributed by atoms with E-state index in [9.17, 15) is 35.5 Å². The molecule has 1 aromatic carbocycles. The van der Waals surface area contributed by atoms with Crippen LogP contribution in [0.5, 0.6) is 0 Å². The Kier molecular flexibility index (Phi) is 4.24. The Morgan fingerprint density at radius 1 is 1.26 bits per heavy atom. The highest BCUT2D eigenvalue weighted by atomic mass is 32.2. The first kappa shape index (κ1) is 19.2. The summed E-state index contributed by atoms with van der Waals surface area (Å²) in [5, 5.41) is 9.85. The third-order valence-electron chi connectivity index (χ3n) is 4.16. The van der Waals surface area contributed by atoms with Gasteiger partial charge in [0.25, 0.3) is 15.8 Å². The molecule has 142 valence electrons. The van der Waals surface area contributed by atoms with Crippen molar-refractivity contribution >= 4 is 15.5 Å². The fraction of sp³-hybridized carbons (Fsp3) is 0.250. The molecule has 0 amide bonds. The average molecular weight is 404 g/mol. The van der Waals surface area contributed by atoms with E-state index in [1.54, 1.807) is 0 Å². The van der Waals surface area contributed by atoms with Crippen molar-refractivity contribution in [3.05, 3.63) is 53.1 Å². The van der Waals surface area contributed by atoms with Crippen molar-refractivity contribution in [2.75, 3.05) is 0 Å². The minimum Gasteiger partial charge on any atom is -0.382 e. The molecule has 0 radical (unpaired) electrons. The SMILES string of the molecule is [C-]#[N+]c1cncc(-c2ccc(S(=O)(=O)C(F)(F)F)c3c2CC(F)(F)[C@H]3O)c1. The van der Waals surface area contributed by atoms with Gasteiger partial charge in [0.2, 0.25) is 5.69 Å². The van der Waals surface area contributed by atoms with Gasteiger partial charge in [0.1, 0.15) is 6.10 Å². The van der Waals surface area contributed by atoms with Crippen molar-refractivity contribution in [1.82, 2.24) is 4.98 Å². The zero-order valence-electron chi connectivity index (χ0n) is 13.1. The number of benzene rings is 1. The summed E-state index contributed by atoms with van der Waals surface area (Å²) in [6, 6.07) is 2.75. The van der Waals surface area contributed by atoms with Crippen LogP contribution in [-0.2, 0) is 16.3 Å². The summed E-state index contributed by atoms with van der Waals surface area (Å²) in [6.45, 7) is 6.96. The van der Waals surface area contributed by atoms with Gasteiger partial charge in [-0.2, -0.15) is 13.2 Å². The standard InChI is InChI=1S/C16H9F5N2O3S/c1-22-9-4-8(6-23-7-9)10-2-3-12(27(25,26)16(19,20)21)13-11(10)5-15(17,18)14(13)24/h2-4,6-7,14,24H,5H2/t14-/m0/s1. The molecule has 5 nitrogen and oxygen atoms in total. The van der Waals surface area contributed by atoms with E-state index < -0.39 is 49.8 Å². The molecule has 0 bridgehead atoms. The monoisotopic (exact) mass is 404 g/mol. The van der Waals surface area contributed by atoms with Gasteiger partial charge in [0.15, 0.2) is 0 Å². The molecule has 1 N–H and O–H groups in total. The molecule has 1 heterocycles. The molecular formula is C16H9F5N2O3S. The Hall–Kier alpha value is -2.58. The topological polar surface area (TPSA) is 71.6 Å². The number of hydrogen-bond donors (Lipinski definition) is 1. The molecule has 11 heteroatoms. The van der Waals surface area contributed by atoms with E-state index in [0.29, 0.717) is 6.07 Å². The second-order valence-electron chi connectivity index (χ2n) is 5.84. The van der Waals surface area contributed by atoms with Crippen LogP contribution in [0.1, 0.15) is 17.2 Å². The van der Waals surface area contributed by atoms with E-state index in [0.717, 1.165) is 6.07 Å². The molecule has 0 unspecified atom stereocenters. The fourth-order valence-corrected chi connectivity index (χ4v) is 3.96. The molecule has 0 fully saturated rings. The van der Waals surface area contributed by atoms with Gasteiger partial charge in [-0.15, -0.1) is 0 Å². The number of sulfone groups is 1. The number of rotatable bonds is 2. The first-order valence-corrected chi connectivity index (χ1v) is 8.74. The van der Waals surface area contributed by atoms with Gasteiger partial charge in [-0.05, 0) is 28.8 Å². The largest absolute Gasteiger partial charge is 0.501 e. The van der Waals surface area contributed by atoms with Crippen LogP contribution in [0.3, 0.4) is 0 Å². The van der Waals surface area contributed by atoms with E-state index in [-0.39, 0.29) is 16.8 Å². The molecule has 0 saturated heterocycles. The molecule has 1 atom stereocenters. The molecule has 0 aliphatic heterocycles. The van der Waals surface area contributed by atoms with Crippen molar-refractivity contribution in [3.8, 4) is 11.1 Å². The Morgan fingerprint density at radius 2 is 1.93 bits per heavy atom. The minimum atomic E-state index is -5.95. The van der Waals surface area contributed by atoms with Crippen molar-refractivity contribution in [2.45, 2.75) is 28.9 Å². The summed E-state index contributed by atoms with van der Waals surface area (Å²) >= 11 is 0. The summed E-state index contributed by atoms with van der Waals surface area (Å²) < 4.78 is 90.4. The van der Waals surface area contributed by atoms with E-state index in [1.807, 2.05) is 0 Å². The molecule has 0 spiro atoms. The van der Waals surface area contributed by atoms with Crippen LogP contribution in [0.25, 0.3) is 16.0 Å². The number of aliphatic hydroxyl groups is 1. The highest BCUT2D eigenvalue weighted by Crippen LogP contribution is 2.50. The smallest absolute Gasteiger partial charge is 0.382 e. The minimum absolute atomic E-state index is 0.0275. The Labute approximate surface area is 149 Å². The lowest BCUT2D eigenvalue weighted by Crippen LogP contribution is -2.26. The quantitative estimate of drug-likeness (QED) is 0.610. The number of alkyl halides is 5. The van der Waals surface area contributed by atoms with Crippen molar-refractivity contribution < 1.29 is 35.5 Å². The average Bonchev–Trinajstić information content (AvgIpc) is 2.83. The second kappa shape index (κ2) is 5.97. The zero-order chi connectivity index (χ0) is 20.2. The predicted octanol–water partition coefficient (Wildman–Crippen LogP) is 3.82. The van der Waals surface area contributed by atoms with Crippen molar-refractivity contribution in [1.29, 1.82) is 0 Å². The summed E-state index contributed by atoms with van der Waals surface area (Å²) in [4.78, 5) is 5.48. The number of hydrogen-bond acceptors (Lipinski definition) is 4. The van der Waals surface area contributed by atoms with Gasteiger partial charge in [0.05, 0.1) is 11.5 Å². The van der Waals surface area contributed by atoms with Gasteiger partial charge < -0.3 is 5.11 Å². The second-order valence-corrected chi connectivity index (χ2v) is 7.75. The normalized spacial score (nSPS) is 18.8. The summed E-state index contributed by atoms with van der Waals surface area (Å²) in [5.41, 5.74) is -6.96. The molecular weight excluding hydrogens is 395 g/mol. The predicted molar refractivity (Wildman–Crippen MR) is 82.8 cm³/mol. The number of halogens is 5. The molecule has 0 saturated carbocycles. The van der Waals surface area contributed by atoms with Gasteiger partial charge in [-0.1, -0.05) is 6.07 Å². The summed E-state index contributed by atoms with van der Waals surface area (Å²) in [6.07, 6.45) is -1.47. The van der Waals surface area contributed by atoms with Crippen LogP contribution in [0.4, 0.5) is 27.6 Å². The van der Waals surface area contributed by atoms with Gasteiger partial charge in [-0.3, -0.25) is 4.98 Å². The maximum atomic E-state index is 14.0. The van der Waals surface area contributed by atoms with E-state index >= 15 is 0 Å². The maximum Gasteiger partial charge on any atom is 0.501 e. The van der Waals surface area contributed by atoms with Crippen LogP contribution in [0, 0.1) is 6.57 Å². The van der Waals surface area contributed by atoms with Gasteiger partial charge >= 0.3 is 5.51 Å². The van der Waals surface area contributed by atoms with Crippen LogP contribution >= 0.6 is 0 Å². The molecule has 27 heavy (non-hydrogen) atoms. The molecule has 1 aliphatic carbocycles. The lowest BCUT2D eigenvalue weighted by atomic mass is 9.97. The lowest BCUT2D eigenvalue weighted by Gasteiger charge is -2.17. The van der Waals surface area contributed by atoms with Crippen LogP contribution in [0.2, 0.25) is 0 Å². The van der Waals surface area contributed by atoms with Crippen molar-refractivity contribution in [3.63, 3.8) is 0 Å². The number of nitrogens with zero attached hydrogens (tertiary/aromatic N) is 2. The summed E-state index contributed by atoms with van der Waals surface area (Å²) in [5.74, 6) is -3.85. The maximum absolute atomic E-state index is 14.0. The fourth-order valence-electron chi connectivity index (χ4n) is 2.94. The van der Waals surface area contributed by atoms with E-state index in [2.05, 4.69) is 9.83 Å². The highest BCUT2D eigenvalue weighted by molar-refractivity contribution is 7.92. The third kappa shape index (κ3) is 2.94. The zero-order valence-corrected chi connectivity index (χ0v) is 13.9. The lowest BCUT2D eigenvalue weighted by molar-refractivity contribution is -0.0977. The van der Waals surface area contributed by atoms with Crippen LogP contribution < -0.4 is 0 Å². The first-order chi connectivity index (χ1) is 12.4. The molecule has 2 aromatic rings. The molecule has 1 aromatic heterocycles. The Bertz CT molecular complexity index is 1070. The number of pyridine rings is 1. The Morgan fingerprint density at radius 3 is 2.52 bits per heavy atom. The third-order valence-corrected chi connectivity index (χ3v) is 5.71. The van der Waals surface area contributed by atoms with Crippen molar-refractivity contribution in [2.24, 2.45) is 0 Å². The molecule has 3 rings (SSSR count). The van der Waals surface area contributed by atoms with Gasteiger partial charge in [0, 0.05) is 24.4 Å². The van der Waals surface area contributed by atoms with E-state index in [4.69, 9.17) is 6.57 Å². The molecule has 1 aliphatic rings. The number of aliphatic hydroxyl groups excluding tert-OH is 1. The Balaban J connectivity index is 2.33. The van der Waals surface area contributed by atoms with E-state index in [1.165, 1.54) is 18.5 Å². The van der Waals surface area contributed by atoms with Crippen LogP contribution in [0.15, 0.2) is 35.5 Å². The summed E-state index contributed by atoms with van der Waals surface area (Å²) in [7, 11) is -5.95. The number of aromatic nitrogens is 1. The highest BCUT2D eigenvalue weighted by Gasteiger charge is 2.54. The first-order valence-electron chi connectivity index (χ1n) is 7.26.